The monoisotopic (exact) mass is 150 g/mol. The average Bonchev–Trinajstić information content (AvgIpc) is 2.01. The van der Waals surface area contributed by atoms with Gasteiger partial charge < -0.3 is 11.1 Å². The number of nitrogens with one attached hydrogen (secondary N) is 1. The molecule has 0 radical (unpaired) electrons. The van der Waals surface area contributed by atoms with Crippen molar-refractivity contribution >= 4 is 11.4 Å². The van der Waals surface area contributed by atoms with Crippen LogP contribution in [0.15, 0.2) is 12.1 Å². The molecule has 2 heteroatoms. The summed E-state index contributed by atoms with van der Waals surface area (Å²) >= 11 is 0. The number of rotatable bonds is 1. The van der Waals surface area contributed by atoms with E-state index in [4.69, 9.17) is 5.73 Å². The molecule has 1 rings (SSSR count). The highest BCUT2D eigenvalue weighted by atomic mass is 14.8. The van der Waals surface area contributed by atoms with E-state index in [0.717, 1.165) is 16.9 Å². The maximum atomic E-state index is 5.72. The predicted molar refractivity (Wildman–Crippen MR) is 49.9 cm³/mol. The second kappa shape index (κ2) is 2.82. The Kier molecular flexibility index (Phi) is 2.03. The van der Waals surface area contributed by atoms with E-state index in [9.17, 15) is 0 Å². The van der Waals surface area contributed by atoms with Crippen LogP contribution in [0.2, 0.25) is 0 Å². The molecule has 0 aromatic heterocycles. The van der Waals surface area contributed by atoms with E-state index in [1.165, 1.54) is 5.56 Å². The molecule has 0 bridgehead atoms. The van der Waals surface area contributed by atoms with Gasteiger partial charge in [-0.3, -0.25) is 0 Å². The van der Waals surface area contributed by atoms with E-state index < -0.39 is 0 Å². The molecule has 2 nitrogen and oxygen atoms in total. The minimum absolute atomic E-state index is 0.863. The van der Waals surface area contributed by atoms with Crippen LogP contribution in [0.5, 0.6) is 0 Å². The fraction of sp³-hybridized carbons (Fsp3) is 0.333. The highest BCUT2D eigenvalue weighted by molar-refractivity contribution is 5.62. The fourth-order valence-electron chi connectivity index (χ4n) is 1.11. The first-order chi connectivity index (χ1) is 5.16. The van der Waals surface area contributed by atoms with E-state index in [0.29, 0.717) is 0 Å². The normalized spacial score (nSPS) is 9.73. The van der Waals surface area contributed by atoms with Crippen LogP contribution >= 0.6 is 0 Å². The van der Waals surface area contributed by atoms with Gasteiger partial charge in [0.1, 0.15) is 0 Å². The zero-order valence-corrected chi connectivity index (χ0v) is 7.23. The van der Waals surface area contributed by atoms with Crippen molar-refractivity contribution in [1.82, 2.24) is 0 Å². The molecule has 0 aliphatic carbocycles. The van der Waals surface area contributed by atoms with Gasteiger partial charge in [-0.25, -0.2) is 0 Å². The van der Waals surface area contributed by atoms with Gasteiger partial charge in [-0.2, -0.15) is 0 Å². The fourth-order valence-corrected chi connectivity index (χ4v) is 1.11. The second-order valence-electron chi connectivity index (χ2n) is 2.70. The van der Waals surface area contributed by atoms with Crippen molar-refractivity contribution in [3.05, 3.63) is 23.3 Å². The summed E-state index contributed by atoms with van der Waals surface area (Å²) in [5.41, 5.74) is 10.1. The molecule has 1 aromatic rings. The van der Waals surface area contributed by atoms with E-state index in [2.05, 4.69) is 12.2 Å². The number of nitrogens with two attached hydrogens (primary N) is 1. The molecule has 0 aliphatic heterocycles. The summed E-state index contributed by atoms with van der Waals surface area (Å²) in [5, 5.41) is 3.11. The Morgan fingerprint density at radius 1 is 1.18 bits per heavy atom. The minimum atomic E-state index is 0.863. The lowest BCUT2D eigenvalue weighted by molar-refractivity contribution is 1.32. The van der Waals surface area contributed by atoms with Gasteiger partial charge in [-0.05, 0) is 37.1 Å². The van der Waals surface area contributed by atoms with Gasteiger partial charge in [0, 0.05) is 18.4 Å². The zero-order chi connectivity index (χ0) is 8.43. The smallest absolute Gasteiger partial charge is 0.0371 e. The highest BCUT2D eigenvalue weighted by Crippen LogP contribution is 2.22. The van der Waals surface area contributed by atoms with E-state index >= 15 is 0 Å². The molecule has 0 unspecified atom stereocenters. The SMILES string of the molecule is CNc1ccc(N)c(C)c1C. The Morgan fingerprint density at radius 2 is 1.82 bits per heavy atom. The summed E-state index contributed by atoms with van der Waals surface area (Å²) in [6, 6.07) is 3.92. The molecule has 60 valence electrons. The summed E-state index contributed by atoms with van der Waals surface area (Å²) in [6.07, 6.45) is 0. The largest absolute Gasteiger partial charge is 0.399 e. The van der Waals surface area contributed by atoms with Crippen LogP contribution in [-0.4, -0.2) is 7.05 Å². The summed E-state index contributed by atoms with van der Waals surface area (Å²) in [5.74, 6) is 0. The third kappa shape index (κ3) is 1.29. The quantitative estimate of drug-likeness (QED) is 0.600. The molecular weight excluding hydrogens is 136 g/mol. The third-order valence-corrected chi connectivity index (χ3v) is 2.10. The van der Waals surface area contributed by atoms with Gasteiger partial charge in [0.25, 0.3) is 0 Å². The van der Waals surface area contributed by atoms with E-state index in [-0.39, 0.29) is 0 Å². The van der Waals surface area contributed by atoms with Gasteiger partial charge in [-0.1, -0.05) is 0 Å². The Bertz CT molecular complexity index is 267. The first-order valence-corrected chi connectivity index (χ1v) is 3.70. The van der Waals surface area contributed by atoms with Crippen molar-refractivity contribution in [2.45, 2.75) is 13.8 Å². The van der Waals surface area contributed by atoms with Crippen LogP contribution < -0.4 is 11.1 Å². The molecule has 0 saturated heterocycles. The summed E-state index contributed by atoms with van der Waals surface area (Å²) in [4.78, 5) is 0. The van der Waals surface area contributed by atoms with Crippen LogP contribution in [0.3, 0.4) is 0 Å². The number of anilines is 2. The van der Waals surface area contributed by atoms with Crippen LogP contribution in [0.1, 0.15) is 11.1 Å². The first kappa shape index (κ1) is 7.92. The Hall–Kier alpha value is -1.18. The summed E-state index contributed by atoms with van der Waals surface area (Å²) in [6.45, 7) is 4.10. The first-order valence-electron chi connectivity index (χ1n) is 3.70. The molecule has 11 heavy (non-hydrogen) atoms. The Morgan fingerprint density at radius 3 is 2.36 bits per heavy atom. The van der Waals surface area contributed by atoms with Crippen LogP contribution in [0.4, 0.5) is 11.4 Å². The zero-order valence-electron chi connectivity index (χ0n) is 7.23. The average molecular weight is 150 g/mol. The lowest BCUT2D eigenvalue weighted by Crippen LogP contribution is -1.97. The highest BCUT2D eigenvalue weighted by Gasteiger charge is 2.00. The maximum absolute atomic E-state index is 5.72. The van der Waals surface area contributed by atoms with Crippen molar-refractivity contribution in [1.29, 1.82) is 0 Å². The number of hydrogen-bond acceptors (Lipinski definition) is 2. The summed E-state index contributed by atoms with van der Waals surface area (Å²) < 4.78 is 0. The van der Waals surface area contributed by atoms with Crippen LogP contribution in [0, 0.1) is 13.8 Å². The van der Waals surface area contributed by atoms with Gasteiger partial charge >= 0.3 is 0 Å². The second-order valence-corrected chi connectivity index (χ2v) is 2.70. The maximum Gasteiger partial charge on any atom is 0.0371 e. The van der Waals surface area contributed by atoms with Crippen molar-refractivity contribution in [3.8, 4) is 0 Å². The Balaban J connectivity index is 3.25. The van der Waals surface area contributed by atoms with Crippen LogP contribution in [-0.2, 0) is 0 Å². The lowest BCUT2D eigenvalue weighted by Gasteiger charge is -2.09. The van der Waals surface area contributed by atoms with Gasteiger partial charge in [0.15, 0.2) is 0 Å². The summed E-state index contributed by atoms with van der Waals surface area (Å²) in [7, 11) is 1.91. The molecule has 0 amide bonds. The molecule has 0 fully saturated rings. The van der Waals surface area contributed by atoms with Crippen molar-refractivity contribution in [3.63, 3.8) is 0 Å². The standard InChI is InChI=1S/C9H14N2/c1-6-7(2)9(11-3)5-4-8(6)10/h4-5,11H,10H2,1-3H3. The molecule has 3 N–H and O–H groups in total. The number of nitrogen functional groups attached to an aromatic ring is 1. The third-order valence-electron chi connectivity index (χ3n) is 2.10. The topological polar surface area (TPSA) is 38.0 Å². The molecular formula is C9H14N2. The van der Waals surface area contributed by atoms with Crippen molar-refractivity contribution in [2.75, 3.05) is 18.1 Å². The predicted octanol–water partition coefficient (Wildman–Crippen LogP) is 1.93. The molecule has 0 atom stereocenters. The van der Waals surface area contributed by atoms with Crippen LogP contribution in [0.25, 0.3) is 0 Å². The molecule has 1 aromatic carbocycles. The molecule has 0 aliphatic rings. The minimum Gasteiger partial charge on any atom is -0.399 e. The lowest BCUT2D eigenvalue weighted by atomic mass is 10.1. The van der Waals surface area contributed by atoms with Crippen molar-refractivity contribution in [2.24, 2.45) is 0 Å². The van der Waals surface area contributed by atoms with Gasteiger partial charge in [0.2, 0.25) is 0 Å². The van der Waals surface area contributed by atoms with Crippen molar-refractivity contribution < 1.29 is 0 Å². The molecule has 0 heterocycles. The van der Waals surface area contributed by atoms with E-state index in [1.54, 1.807) is 0 Å². The van der Waals surface area contributed by atoms with Gasteiger partial charge in [-0.15, -0.1) is 0 Å². The molecule has 0 spiro atoms. The number of benzene rings is 1. The number of hydrogen-bond donors (Lipinski definition) is 2. The van der Waals surface area contributed by atoms with Gasteiger partial charge in [0.05, 0.1) is 0 Å². The molecule has 0 saturated carbocycles. The Labute approximate surface area is 67.4 Å². The van der Waals surface area contributed by atoms with E-state index in [1.807, 2.05) is 26.1 Å².